The molecule has 3 heterocycles. The van der Waals surface area contributed by atoms with Crippen LogP contribution in [0, 0.1) is 20.8 Å². The summed E-state index contributed by atoms with van der Waals surface area (Å²) < 4.78 is 1.03. The van der Waals surface area contributed by atoms with Gasteiger partial charge in [0.1, 0.15) is 17.5 Å². The van der Waals surface area contributed by atoms with Gasteiger partial charge in [-0.3, -0.25) is 0 Å². The van der Waals surface area contributed by atoms with E-state index in [1.165, 1.54) is 5.56 Å². The van der Waals surface area contributed by atoms with E-state index in [0.29, 0.717) is 0 Å². The van der Waals surface area contributed by atoms with Crippen LogP contribution < -0.4 is 9.80 Å². The Hall–Kier alpha value is -1.69. The van der Waals surface area contributed by atoms with Crippen molar-refractivity contribution in [2.75, 3.05) is 36.0 Å². The Bertz CT molecular complexity index is 660. The molecule has 0 unspecified atom stereocenters. The average molecular weight is 362 g/mol. The van der Waals surface area contributed by atoms with Crippen LogP contribution in [0.15, 0.2) is 22.8 Å². The summed E-state index contributed by atoms with van der Waals surface area (Å²) in [4.78, 5) is 18.1. The number of piperazine rings is 1. The highest BCUT2D eigenvalue weighted by Crippen LogP contribution is 2.23. The van der Waals surface area contributed by atoms with Gasteiger partial charge in [-0.2, -0.15) is 0 Å². The van der Waals surface area contributed by atoms with Gasteiger partial charge >= 0.3 is 0 Å². The molecule has 5 nitrogen and oxygen atoms in total. The first-order valence-electron chi connectivity index (χ1n) is 7.47. The Morgan fingerprint density at radius 3 is 2.27 bits per heavy atom. The SMILES string of the molecule is Cc1cc(N2CCN(c3ncc(Br)cc3C)CC2)nc(C)n1. The molecule has 2 aromatic heterocycles. The minimum Gasteiger partial charge on any atom is -0.353 e. The number of rotatable bonds is 2. The average Bonchev–Trinajstić information content (AvgIpc) is 2.46. The molecule has 3 rings (SSSR count). The van der Waals surface area contributed by atoms with Crippen LogP contribution in [0.4, 0.5) is 11.6 Å². The maximum absolute atomic E-state index is 4.56. The summed E-state index contributed by atoms with van der Waals surface area (Å²) in [5.41, 5.74) is 2.23. The molecule has 0 bridgehead atoms. The number of hydrogen-bond donors (Lipinski definition) is 0. The normalized spacial score (nSPS) is 15.3. The summed E-state index contributed by atoms with van der Waals surface area (Å²) in [7, 11) is 0. The predicted octanol–water partition coefficient (Wildman–Crippen LogP) is 2.89. The number of nitrogens with zero attached hydrogens (tertiary/aromatic N) is 5. The third-order valence-corrected chi connectivity index (χ3v) is 4.31. The van der Waals surface area contributed by atoms with Gasteiger partial charge < -0.3 is 9.80 Å². The van der Waals surface area contributed by atoms with Gasteiger partial charge in [0.15, 0.2) is 0 Å². The molecule has 6 heteroatoms. The lowest BCUT2D eigenvalue weighted by Gasteiger charge is -2.36. The van der Waals surface area contributed by atoms with Crippen LogP contribution in [-0.2, 0) is 0 Å². The highest BCUT2D eigenvalue weighted by molar-refractivity contribution is 9.10. The van der Waals surface area contributed by atoms with Crippen LogP contribution >= 0.6 is 15.9 Å². The van der Waals surface area contributed by atoms with E-state index in [9.17, 15) is 0 Å². The van der Waals surface area contributed by atoms with Crippen molar-refractivity contribution >= 4 is 27.6 Å². The smallest absolute Gasteiger partial charge is 0.132 e. The first kappa shape index (κ1) is 15.2. The molecule has 0 spiro atoms. The number of halogens is 1. The third-order valence-electron chi connectivity index (χ3n) is 3.87. The zero-order chi connectivity index (χ0) is 15.7. The lowest BCUT2D eigenvalue weighted by atomic mass is 10.2. The lowest BCUT2D eigenvalue weighted by Crippen LogP contribution is -2.47. The van der Waals surface area contributed by atoms with Crippen LogP contribution in [-0.4, -0.2) is 41.1 Å². The Balaban J connectivity index is 1.72. The largest absolute Gasteiger partial charge is 0.353 e. The first-order valence-corrected chi connectivity index (χ1v) is 8.26. The van der Waals surface area contributed by atoms with E-state index in [0.717, 1.165) is 53.8 Å². The van der Waals surface area contributed by atoms with Crippen molar-refractivity contribution in [1.82, 2.24) is 15.0 Å². The van der Waals surface area contributed by atoms with Gasteiger partial charge in [-0.15, -0.1) is 0 Å². The van der Waals surface area contributed by atoms with E-state index in [2.05, 4.69) is 59.7 Å². The fourth-order valence-corrected chi connectivity index (χ4v) is 3.32. The van der Waals surface area contributed by atoms with Crippen molar-refractivity contribution in [3.63, 3.8) is 0 Å². The summed E-state index contributed by atoms with van der Waals surface area (Å²) in [6.45, 7) is 9.89. The molecule has 116 valence electrons. The molecule has 0 amide bonds. The van der Waals surface area contributed by atoms with Crippen LogP contribution in [0.2, 0.25) is 0 Å². The second-order valence-corrected chi connectivity index (χ2v) is 6.60. The summed E-state index contributed by atoms with van der Waals surface area (Å²) in [5.74, 6) is 2.95. The van der Waals surface area contributed by atoms with Crippen LogP contribution in [0.1, 0.15) is 17.1 Å². The van der Waals surface area contributed by atoms with E-state index in [-0.39, 0.29) is 0 Å². The molecule has 0 radical (unpaired) electrons. The molecule has 0 saturated carbocycles. The molecule has 1 aliphatic rings. The summed E-state index contributed by atoms with van der Waals surface area (Å²) in [6, 6.07) is 4.18. The van der Waals surface area contributed by atoms with Crippen LogP contribution in [0.5, 0.6) is 0 Å². The van der Waals surface area contributed by atoms with E-state index >= 15 is 0 Å². The first-order chi connectivity index (χ1) is 10.5. The highest BCUT2D eigenvalue weighted by atomic mass is 79.9. The molecule has 0 aliphatic carbocycles. The second kappa shape index (κ2) is 6.20. The number of aromatic nitrogens is 3. The van der Waals surface area contributed by atoms with Crippen molar-refractivity contribution in [3.8, 4) is 0 Å². The van der Waals surface area contributed by atoms with Gasteiger partial charge in [-0.25, -0.2) is 15.0 Å². The van der Waals surface area contributed by atoms with Gasteiger partial charge in [0.05, 0.1) is 0 Å². The Morgan fingerprint density at radius 2 is 1.64 bits per heavy atom. The van der Waals surface area contributed by atoms with Crippen molar-refractivity contribution in [2.24, 2.45) is 0 Å². The zero-order valence-electron chi connectivity index (χ0n) is 13.2. The molecular weight excluding hydrogens is 342 g/mol. The number of aryl methyl sites for hydroxylation is 3. The predicted molar refractivity (Wildman–Crippen MR) is 92.6 cm³/mol. The summed E-state index contributed by atoms with van der Waals surface area (Å²) in [6.07, 6.45) is 1.87. The van der Waals surface area contributed by atoms with E-state index in [1.807, 2.05) is 20.0 Å². The molecule has 1 aliphatic heterocycles. The minimum absolute atomic E-state index is 0.836. The van der Waals surface area contributed by atoms with Crippen molar-refractivity contribution in [1.29, 1.82) is 0 Å². The van der Waals surface area contributed by atoms with Gasteiger partial charge in [-0.1, -0.05) is 0 Å². The van der Waals surface area contributed by atoms with Gasteiger partial charge in [0.25, 0.3) is 0 Å². The lowest BCUT2D eigenvalue weighted by molar-refractivity contribution is 0.638. The van der Waals surface area contributed by atoms with Crippen molar-refractivity contribution in [2.45, 2.75) is 20.8 Å². The van der Waals surface area contributed by atoms with Gasteiger partial charge in [0, 0.05) is 48.6 Å². The van der Waals surface area contributed by atoms with Crippen molar-refractivity contribution in [3.05, 3.63) is 39.9 Å². The number of hydrogen-bond acceptors (Lipinski definition) is 5. The standard InChI is InChI=1S/C16H20BrN5/c1-11-8-14(17)10-18-16(11)22-6-4-21(5-7-22)15-9-12(2)19-13(3)20-15/h8-10H,4-7H2,1-3H3. The monoisotopic (exact) mass is 361 g/mol. The van der Waals surface area contributed by atoms with Crippen LogP contribution in [0.25, 0.3) is 0 Å². The highest BCUT2D eigenvalue weighted by Gasteiger charge is 2.20. The Kier molecular flexibility index (Phi) is 4.29. The molecule has 1 saturated heterocycles. The fourth-order valence-electron chi connectivity index (χ4n) is 2.87. The summed E-state index contributed by atoms with van der Waals surface area (Å²) >= 11 is 3.47. The molecule has 2 aromatic rings. The van der Waals surface area contributed by atoms with Gasteiger partial charge in [-0.05, 0) is 48.3 Å². The van der Waals surface area contributed by atoms with E-state index in [1.54, 1.807) is 0 Å². The van der Waals surface area contributed by atoms with Gasteiger partial charge in [0.2, 0.25) is 0 Å². The van der Waals surface area contributed by atoms with E-state index < -0.39 is 0 Å². The molecule has 1 fully saturated rings. The number of pyridine rings is 1. The topological polar surface area (TPSA) is 45.2 Å². The fraction of sp³-hybridized carbons (Fsp3) is 0.438. The molecule has 22 heavy (non-hydrogen) atoms. The minimum atomic E-state index is 0.836. The maximum Gasteiger partial charge on any atom is 0.132 e. The van der Waals surface area contributed by atoms with E-state index in [4.69, 9.17) is 0 Å². The molecule has 0 atom stereocenters. The Labute approximate surface area is 139 Å². The second-order valence-electron chi connectivity index (χ2n) is 5.68. The zero-order valence-corrected chi connectivity index (χ0v) is 14.8. The molecule has 0 N–H and O–H groups in total. The third kappa shape index (κ3) is 3.21. The molecule has 0 aromatic carbocycles. The van der Waals surface area contributed by atoms with Crippen LogP contribution in [0.3, 0.4) is 0 Å². The quantitative estimate of drug-likeness (QED) is 0.822. The molecular formula is C16H20BrN5. The van der Waals surface area contributed by atoms with Crippen molar-refractivity contribution < 1.29 is 0 Å². The maximum atomic E-state index is 4.56. The summed E-state index contributed by atoms with van der Waals surface area (Å²) in [5, 5.41) is 0. The Morgan fingerprint density at radius 1 is 0.955 bits per heavy atom. The number of anilines is 2.